The Morgan fingerprint density at radius 1 is 0.974 bits per heavy atom. The van der Waals surface area contributed by atoms with Crippen LogP contribution in [0.1, 0.15) is 82.2 Å². The molecule has 1 spiro atoms. The number of aromatic nitrogens is 5. The minimum atomic E-state index is 0.392. The number of rotatable bonds is 7. The Kier molecular flexibility index (Phi) is 6.73. The van der Waals surface area contributed by atoms with Gasteiger partial charge in [-0.3, -0.25) is 4.68 Å². The number of likely N-dealkylation sites (tertiary alicyclic amines) is 1. The summed E-state index contributed by atoms with van der Waals surface area (Å²) in [5.74, 6) is 1.47. The van der Waals surface area contributed by atoms with Gasteiger partial charge in [0, 0.05) is 31.5 Å². The molecular weight excluding hydrogens is 496 g/mol. The van der Waals surface area contributed by atoms with Gasteiger partial charge in [0.05, 0.1) is 22.9 Å². The van der Waals surface area contributed by atoms with Gasteiger partial charge in [0.2, 0.25) is 5.95 Å². The van der Waals surface area contributed by atoms with E-state index in [1.807, 2.05) is 6.20 Å². The standard InChI is InChI=1S/C28H40N8OS/c1-2-23-32-24-25(30-19-3-5-21(6-4-19)35-13-11-28(9-10-28)12-14-35)33-27(34-26(24)38-23)31-20-17-29-36(18-20)22-7-15-37-16-8-22/h17-19,21-22H,2-16H2,1H3,(H2,30,31,33,34)/t19-,21-. The van der Waals surface area contributed by atoms with Crippen LogP contribution in [0.2, 0.25) is 0 Å². The molecule has 0 radical (unpaired) electrons. The molecule has 3 aromatic heterocycles. The molecule has 10 heteroatoms. The van der Waals surface area contributed by atoms with Gasteiger partial charge in [-0.05, 0) is 89.1 Å². The number of nitrogens with zero attached hydrogens (tertiary/aromatic N) is 6. The summed E-state index contributed by atoms with van der Waals surface area (Å²) in [7, 11) is 0. The van der Waals surface area contributed by atoms with Gasteiger partial charge in [-0.2, -0.15) is 15.1 Å². The maximum Gasteiger partial charge on any atom is 0.230 e. The minimum Gasteiger partial charge on any atom is -0.381 e. The molecule has 0 unspecified atom stereocenters. The molecule has 0 aromatic carbocycles. The van der Waals surface area contributed by atoms with E-state index < -0.39 is 0 Å². The molecule has 38 heavy (non-hydrogen) atoms. The third kappa shape index (κ3) is 5.14. The van der Waals surface area contributed by atoms with Gasteiger partial charge in [0.15, 0.2) is 10.6 Å². The molecule has 204 valence electrons. The summed E-state index contributed by atoms with van der Waals surface area (Å²) >= 11 is 1.67. The summed E-state index contributed by atoms with van der Waals surface area (Å²) in [6, 6.07) is 1.58. The summed E-state index contributed by atoms with van der Waals surface area (Å²) in [6.45, 7) is 6.37. The average Bonchev–Trinajstić information content (AvgIpc) is 3.34. The van der Waals surface area contributed by atoms with Gasteiger partial charge in [-0.15, -0.1) is 0 Å². The Hall–Kier alpha value is -2.30. The van der Waals surface area contributed by atoms with E-state index in [0.29, 0.717) is 18.0 Å². The number of nitrogens with one attached hydrogen (secondary N) is 2. The van der Waals surface area contributed by atoms with Gasteiger partial charge < -0.3 is 20.3 Å². The number of piperidine rings is 1. The highest BCUT2D eigenvalue weighted by molar-refractivity contribution is 7.18. The largest absolute Gasteiger partial charge is 0.381 e. The Balaban J connectivity index is 1.04. The molecule has 2 aliphatic heterocycles. The first kappa shape index (κ1) is 24.7. The lowest BCUT2D eigenvalue weighted by atomic mass is 9.87. The molecular formula is C28H40N8OS. The molecule has 2 N–H and O–H groups in total. The molecule has 5 heterocycles. The molecule has 2 aliphatic carbocycles. The summed E-state index contributed by atoms with van der Waals surface area (Å²) in [5, 5.41) is 12.9. The highest BCUT2D eigenvalue weighted by Crippen LogP contribution is 2.54. The van der Waals surface area contributed by atoms with Crippen LogP contribution in [0.25, 0.3) is 10.3 Å². The topological polar surface area (TPSA) is 93.0 Å². The van der Waals surface area contributed by atoms with Gasteiger partial charge in [0.1, 0.15) is 5.52 Å². The van der Waals surface area contributed by atoms with E-state index in [-0.39, 0.29) is 0 Å². The molecule has 0 atom stereocenters. The molecule has 4 aliphatic rings. The van der Waals surface area contributed by atoms with E-state index >= 15 is 0 Å². The van der Waals surface area contributed by atoms with Crippen molar-refractivity contribution in [1.29, 1.82) is 0 Å². The minimum absolute atomic E-state index is 0.392. The van der Waals surface area contributed by atoms with Crippen molar-refractivity contribution in [1.82, 2.24) is 29.6 Å². The van der Waals surface area contributed by atoms with Crippen molar-refractivity contribution in [3.63, 3.8) is 0 Å². The summed E-state index contributed by atoms with van der Waals surface area (Å²) in [6.07, 6.45) is 17.6. The molecule has 7 rings (SSSR count). The molecule has 3 aromatic rings. The van der Waals surface area contributed by atoms with E-state index in [1.165, 1.54) is 64.5 Å². The third-order valence-electron chi connectivity index (χ3n) is 9.40. The van der Waals surface area contributed by atoms with Gasteiger partial charge in [-0.1, -0.05) is 18.3 Å². The van der Waals surface area contributed by atoms with Gasteiger partial charge >= 0.3 is 0 Å². The van der Waals surface area contributed by atoms with E-state index in [2.05, 4.69) is 38.4 Å². The lowest BCUT2D eigenvalue weighted by Crippen LogP contribution is -2.45. The maximum absolute atomic E-state index is 5.51. The van der Waals surface area contributed by atoms with E-state index in [0.717, 1.165) is 70.8 Å². The number of aryl methyl sites for hydroxylation is 1. The first-order chi connectivity index (χ1) is 18.7. The number of hydrogen-bond acceptors (Lipinski definition) is 9. The van der Waals surface area contributed by atoms with E-state index in [4.69, 9.17) is 19.7 Å². The second-order valence-electron chi connectivity index (χ2n) is 11.9. The Morgan fingerprint density at radius 3 is 2.50 bits per heavy atom. The predicted octanol–water partition coefficient (Wildman–Crippen LogP) is 5.54. The van der Waals surface area contributed by atoms with Crippen molar-refractivity contribution in [2.45, 2.75) is 95.7 Å². The van der Waals surface area contributed by atoms with Crippen LogP contribution in [0.5, 0.6) is 0 Å². The van der Waals surface area contributed by atoms with Crippen LogP contribution in [-0.4, -0.2) is 68.0 Å². The quantitative estimate of drug-likeness (QED) is 0.407. The number of fused-ring (bicyclic) bond motifs is 1. The first-order valence-corrected chi connectivity index (χ1v) is 15.5. The zero-order valence-electron chi connectivity index (χ0n) is 22.5. The number of anilines is 3. The highest BCUT2D eigenvalue weighted by Gasteiger charge is 2.45. The molecule has 2 saturated heterocycles. The molecule has 2 saturated carbocycles. The highest BCUT2D eigenvalue weighted by atomic mass is 32.1. The third-order valence-corrected chi connectivity index (χ3v) is 10.5. The maximum atomic E-state index is 5.51. The van der Waals surface area contributed by atoms with Crippen LogP contribution in [-0.2, 0) is 11.2 Å². The van der Waals surface area contributed by atoms with Crippen LogP contribution in [0, 0.1) is 5.41 Å². The van der Waals surface area contributed by atoms with E-state index in [9.17, 15) is 0 Å². The number of ether oxygens (including phenoxy) is 1. The zero-order valence-corrected chi connectivity index (χ0v) is 23.3. The van der Waals surface area contributed by atoms with Crippen molar-refractivity contribution in [3.8, 4) is 0 Å². The van der Waals surface area contributed by atoms with E-state index in [1.54, 1.807) is 11.3 Å². The fraction of sp³-hybridized carbons (Fsp3) is 0.714. The lowest BCUT2D eigenvalue weighted by Gasteiger charge is -2.41. The average molecular weight is 537 g/mol. The van der Waals surface area contributed by atoms with Gasteiger partial charge in [-0.25, -0.2) is 4.98 Å². The van der Waals surface area contributed by atoms with Crippen LogP contribution < -0.4 is 10.6 Å². The lowest BCUT2D eigenvalue weighted by molar-refractivity contribution is 0.0662. The molecule has 0 bridgehead atoms. The predicted molar refractivity (Wildman–Crippen MR) is 151 cm³/mol. The fourth-order valence-corrected chi connectivity index (χ4v) is 7.55. The van der Waals surface area contributed by atoms with Crippen molar-refractivity contribution in [2.75, 3.05) is 36.9 Å². The van der Waals surface area contributed by atoms with Crippen LogP contribution in [0.3, 0.4) is 0 Å². The summed E-state index contributed by atoms with van der Waals surface area (Å²) < 4.78 is 7.56. The normalized spacial score (nSPS) is 26.1. The van der Waals surface area contributed by atoms with Crippen LogP contribution >= 0.6 is 11.3 Å². The summed E-state index contributed by atoms with van der Waals surface area (Å²) in [5.41, 5.74) is 2.58. The first-order valence-electron chi connectivity index (χ1n) is 14.7. The Morgan fingerprint density at radius 2 is 1.76 bits per heavy atom. The smallest absolute Gasteiger partial charge is 0.230 e. The summed E-state index contributed by atoms with van der Waals surface area (Å²) in [4.78, 5) is 18.4. The number of thiazole rings is 1. The Labute approximate surface area is 228 Å². The molecule has 0 amide bonds. The van der Waals surface area contributed by atoms with Crippen molar-refractivity contribution < 1.29 is 4.74 Å². The second-order valence-corrected chi connectivity index (χ2v) is 12.9. The van der Waals surface area contributed by atoms with Crippen molar-refractivity contribution >= 4 is 39.1 Å². The van der Waals surface area contributed by atoms with Gasteiger partial charge in [0.25, 0.3) is 0 Å². The number of hydrogen-bond donors (Lipinski definition) is 2. The Bertz CT molecular complexity index is 1250. The zero-order chi connectivity index (χ0) is 25.5. The van der Waals surface area contributed by atoms with Crippen molar-refractivity contribution in [2.24, 2.45) is 5.41 Å². The molecule has 9 nitrogen and oxygen atoms in total. The van der Waals surface area contributed by atoms with Crippen LogP contribution in [0.4, 0.5) is 17.5 Å². The van der Waals surface area contributed by atoms with Crippen LogP contribution in [0.15, 0.2) is 12.4 Å². The SMILES string of the molecule is CCc1nc2c(N[C@H]3CC[C@H](N4CCC5(CC4)CC5)CC3)nc(Nc3cnn(C4CCOCC4)c3)nc2s1. The monoisotopic (exact) mass is 536 g/mol. The molecule has 4 fully saturated rings. The fourth-order valence-electron chi connectivity index (χ4n) is 6.67. The second kappa shape index (κ2) is 10.4. The van der Waals surface area contributed by atoms with Crippen molar-refractivity contribution in [3.05, 3.63) is 17.4 Å².